The quantitative estimate of drug-likeness (QED) is 0.611. The predicted molar refractivity (Wildman–Crippen MR) is 74.3 cm³/mol. The van der Waals surface area contributed by atoms with Gasteiger partial charge in [-0.05, 0) is 6.54 Å². The molecule has 1 aromatic rings. The van der Waals surface area contributed by atoms with Gasteiger partial charge in [0.15, 0.2) is 11.0 Å². The molecule has 6 nitrogen and oxygen atoms in total. The average Bonchev–Trinajstić information content (AvgIpc) is 2.38. The van der Waals surface area contributed by atoms with Crippen molar-refractivity contribution in [1.82, 2.24) is 14.9 Å². The molecule has 0 atom stereocenters. The zero-order valence-electron chi connectivity index (χ0n) is 10.8. The number of aromatic nitrogens is 2. The highest BCUT2D eigenvalue weighted by atomic mass is 35.5. The molecular formula is C11H20ClN5O. The highest BCUT2D eigenvalue weighted by Crippen LogP contribution is 2.24. The van der Waals surface area contributed by atoms with E-state index in [2.05, 4.69) is 32.4 Å². The summed E-state index contributed by atoms with van der Waals surface area (Å²) in [6, 6.07) is 0. The topological polar surface area (TPSA) is 73.3 Å². The fourth-order valence-corrected chi connectivity index (χ4v) is 1.85. The van der Waals surface area contributed by atoms with Gasteiger partial charge in [0.1, 0.15) is 12.0 Å². The fraction of sp³-hybridized carbons (Fsp3) is 0.636. The lowest BCUT2D eigenvalue weighted by Crippen LogP contribution is -2.31. The second-order valence-corrected chi connectivity index (χ2v) is 4.08. The highest BCUT2D eigenvalue weighted by Gasteiger charge is 2.08. The van der Waals surface area contributed by atoms with Gasteiger partial charge in [0, 0.05) is 26.7 Å². The molecule has 102 valence electrons. The number of hydrogen-bond donors (Lipinski definition) is 3. The standard InChI is InChI=1S/C11H20ClN5O/c1-3-17(6-7-18)5-4-14-11-9(13-2)10(12)15-8-16-11/h8,13,18H,3-7H2,1-2H3,(H,14,15,16). The monoisotopic (exact) mass is 273 g/mol. The summed E-state index contributed by atoms with van der Waals surface area (Å²) >= 11 is 5.95. The van der Waals surface area contributed by atoms with Gasteiger partial charge in [-0.25, -0.2) is 9.97 Å². The third-order valence-corrected chi connectivity index (χ3v) is 2.92. The van der Waals surface area contributed by atoms with E-state index in [9.17, 15) is 0 Å². The molecule has 3 N–H and O–H groups in total. The van der Waals surface area contributed by atoms with E-state index in [4.69, 9.17) is 16.7 Å². The number of nitrogens with zero attached hydrogens (tertiary/aromatic N) is 3. The second-order valence-electron chi connectivity index (χ2n) is 3.72. The summed E-state index contributed by atoms with van der Waals surface area (Å²) in [4.78, 5) is 10.2. The van der Waals surface area contributed by atoms with Gasteiger partial charge in [0.2, 0.25) is 0 Å². The van der Waals surface area contributed by atoms with E-state index in [1.54, 1.807) is 7.05 Å². The van der Waals surface area contributed by atoms with E-state index in [0.29, 0.717) is 23.2 Å². The molecule has 0 spiro atoms. The van der Waals surface area contributed by atoms with Gasteiger partial charge in [-0.1, -0.05) is 18.5 Å². The molecule has 0 saturated heterocycles. The first-order valence-corrected chi connectivity index (χ1v) is 6.36. The number of halogens is 1. The van der Waals surface area contributed by atoms with Crippen molar-refractivity contribution < 1.29 is 5.11 Å². The van der Waals surface area contributed by atoms with Crippen molar-refractivity contribution in [3.8, 4) is 0 Å². The van der Waals surface area contributed by atoms with Gasteiger partial charge < -0.3 is 15.7 Å². The molecule has 7 heteroatoms. The van der Waals surface area contributed by atoms with Crippen molar-refractivity contribution >= 4 is 23.1 Å². The van der Waals surface area contributed by atoms with Crippen molar-refractivity contribution in [3.63, 3.8) is 0 Å². The normalized spacial score (nSPS) is 10.7. The number of hydrogen-bond acceptors (Lipinski definition) is 6. The Morgan fingerprint density at radius 2 is 2.17 bits per heavy atom. The summed E-state index contributed by atoms with van der Waals surface area (Å²) in [5.74, 6) is 0.692. The minimum Gasteiger partial charge on any atom is -0.395 e. The molecule has 0 aliphatic rings. The molecular weight excluding hydrogens is 254 g/mol. The molecule has 1 rings (SSSR count). The summed E-state index contributed by atoms with van der Waals surface area (Å²) in [5.41, 5.74) is 0.698. The smallest absolute Gasteiger partial charge is 0.157 e. The summed E-state index contributed by atoms with van der Waals surface area (Å²) in [5, 5.41) is 15.5. The third-order valence-electron chi connectivity index (χ3n) is 2.63. The van der Waals surface area contributed by atoms with Crippen LogP contribution in [0.15, 0.2) is 6.33 Å². The Morgan fingerprint density at radius 1 is 1.39 bits per heavy atom. The zero-order valence-corrected chi connectivity index (χ0v) is 11.5. The minimum atomic E-state index is 0.176. The first kappa shape index (κ1) is 14.9. The lowest BCUT2D eigenvalue weighted by atomic mass is 10.4. The maximum atomic E-state index is 8.89. The Hall–Kier alpha value is -1.11. The number of aliphatic hydroxyl groups excluding tert-OH is 1. The van der Waals surface area contributed by atoms with Crippen molar-refractivity contribution in [2.24, 2.45) is 0 Å². The van der Waals surface area contributed by atoms with E-state index >= 15 is 0 Å². The van der Waals surface area contributed by atoms with Crippen LogP contribution in [-0.4, -0.2) is 59.8 Å². The maximum absolute atomic E-state index is 8.89. The Morgan fingerprint density at radius 3 is 2.78 bits per heavy atom. The Kier molecular flexibility index (Phi) is 6.70. The SMILES string of the molecule is CCN(CCO)CCNc1ncnc(Cl)c1NC. The van der Waals surface area contributed by atoms with Crippen LogP contribution < -0.4 is 10.6 Å². The number of nitrogens with one attached hydrogen (secondary N) is 2. The lowest BCUT2D eigenvalue weighted by Gasteiger charge is -2.19. The molecule has 0 amide bonds. The molecule has 1 heterocycles. The molecule has 0 aromatic carbocycles. The Labute approximate surface area is 112 Å². The fourth-order valence-electron chi connectivity index (χ4n) is 1.62. The van der Waals surface area contributed by atoms with E-state index in [-0.39, 0.29) is 6.61 Å². The largest absolute Gasteiger partial charge is 0.395 e. The van der Waals surface area contributed by atoms with Gasteiger partial charge in [-0.2, -0.15) is 0 Å². The predicted octanol–water partition coefficient (Wildman–Crippen LogP) is 0.898. The van der Waals surface area contributed by atoms with E-state index < -0.39 is 0 Å². The van der Waals surface area contributed by atoms with Gasteiger partial charge in [-0.3, -0.25) is 4.90 Å². The van der Waals surface area contributed by atoms with Crippen LogP contribution in [-0.2, 0) is 0 Å². The number of anilines is 2. The van der Waals surface area contributed by atoms with E-state index in [0.717, 1.165) is 19.6 Å². The summed E-state index contributed by atoms with van der Waals surface area (Å²) in [7, 11) is 1.78. The molecule has 0 aliphatic heterocycles. The van der Waals surface area contributed by atoms with Gasteiger partial charge in [-0.15, -0.1) is 0 Å². The minimum absolute atomic E-state index is 0.176. The van der Waals surface area contributed by atoms with Gasteiger partial charge in [0.05, 0.1) is 6.61 Å². The zero-order chi connectivity index (χ0) is 13.4. The second kappa shape index (κ2) is 8.07. The molecule has 0 aliphatic carbocycles. The van der Waals surface area contributed by atoms with Crippen molar-refractivity contribution in [2.45, 2.75) is 6.92 Å². The molecule has 18 heavy (non-hydrogen) atoms. The number of likely N-dealkylation sites (N-methyl/N-ethyl adjacent to an activating group) is 1. The van der Waals surface area contributed by atoms with Crippen molar-refractivity contribution in [1.29, 1.82) is 0 Å². The molecule has 0 unspecified atom stereocenters. The van der Waals surface area contributed by atoms with Crippen LogP contribution in [0.3, 0.4) is 0 Å². The van der Waals surface area contributed by atoms with Crippen LogP contribution in [0, 0.1) is 0 Å². The maximum Gasteiger partial charge on any atom is 0.157 e. The number of aliphatic hydroxyl groups is 1. The first-order chi connectivity index (χ1) is 8.72. The van der Waals surface area contributed by atoms with E-state index in [1.807, 2.05) is 0 Å². The van der Waals surface area contributed by atoms with Crippen LogP contribution in [0.25, 0.3) is 0 Å². The van der Waals surface area contributed by atoms with E-state index in [1.165, 1.54) is 6.33 Å². The van der Waals surface area contributed by atoms with Crippen LogP contribution in [0.4, 0.5) is 11.5 Å². The highest BCUT2D eigenvalue weighted by molar-refractivity contribution is 6.32. The molecule has 0 radical (unpaired) electrons. The molecule has 0 bridgehead atoms. The summed E-state index contributed by atoms with van der Waals surface area (Å²) in [6.45, 7) is 5.40. The molecule has 1 aromatic heterocycles. The van der Waals surface area contributed by atoms with Crippen molar-refractivity contribution in [2.75, 3.05) is 50.5 Å². The van der Waals surface area contributed by atoms with Crippen LogP contribution in [0.1, 0.15) is 6.92 Å². The Balaban J connectivity index is 2.50. The van der Waals surface area contributed by atoms with Crippen LogP contribution >= 0.6 is 11.6 Å². The Bertz CT molecular complexity index is 363. The van der Waals surface area contributed by atoms with Gasteiger partial charge >= 0.3 is 0 Å². The third kappa shape index (κ3) is 4.29. The first-order valence-electron chi connectivity index (χ1n) is 5.98. The molecule has 0 saturated carbocycles. The van der Waals surface area contributed by atoms with Crippen molar-refractivity contribution in [3.05, 3.63) is 11.5 Å². The van der Waals surface area contributed by atoms with Crippen LogP contribution in [0.5, 0.6) is 0 Å². The van der Waals surface area contributed by atoms with Crippen LogP contribution in [0.2, 0.25) is 5.15 Å². The summed E-state index contributed by atoms with van der Waals surface area (Å²) < 4.78 is 0. The average molecular weight is 274 g/mol. The molecule has 0 fully saturated rings. The lowest BCUT2D eigenvalue weighted by molar-refractivity contribution is 0.206. The number of rotatable bonds is 8. The van der Waals surface area contributed by atoms with Gasteiger partial charge in [0.25, 0.3) is 0 Å². The summed E-state index contributed by atoms with van der Waals surface area (Å²) in [6.07, 6.45) is 1.43.